The van der Waals surface area contributed by atoms with Gasteiger partial charge in [0.1, 0.15) is 0 Å². The molecule has 0 saturated carbocycles. The van der Waals surface area contributed by atoms with Gasteiger partial charge in [-0.15, -0.1) is 11.3 Å². The van der Waals surface area contributed by atoms with Crippen LogP contribution in [0.15, 0.2) is 36.4 Å². The molecule has 2 rings (SSSR count). The Hall–Kier alpha value is -0.880. The van der Waals surface area contributed by atoms with Gasteiger partial charge >= 0.3 is 0 Å². The van der Waals surface area contributed by atoms with Gasteiger partial charge in [0.05, 0.1) is 4.88 Å². The molecule has 2 aromatic rings. The molecule has 0 radical (unpaired) electrons. The summed E-state index contributed by atoms with van der Waals surface area (Å²) in [6.45, 7) is 2.09. The Bertz CT molecular complexity index is 518. The number of thiophene rings is 1. The van der Waals surface area contributed by atoms with E-state index in [-0.39, 0.29) is 5.91 Å². The van der Waals surface area contributed by atoms with Crippen molar-refractivity contribution < 1.29 is 4.79 Å². The molecule has 0 saturated heterocycles. The summed E-state index contributed by atoms with van der Waals surface area (Å²) in [4.78, 5) is 13.9. The summed E-state index contributed by atoms with van der Waals surface area (Å²) in [5.74, 6) is -0.0316. The molecule has 0 aliphatic carbocycles. The third-order valence-corrected chi connectivity index (χ3v) is 4.28. The van der Waals surface area contributed by atoms with E-state index in [1.165, 1.54) is 4.88 Å². The van der Waals surface area contributed by atoms with Gasteiger partial charge < -0.3 is 5.32 Å². The lowest BCUT2D eigenvalue weighted by Gasteiger charge is -2.03. The van der Waals surface area contributed by atoms with Gasteiger partial charge in [-0.25, -0.2) is 0 Å². The van der Waals surface area contributed by atoms with Gasteiger partial charge in [0.25, 0.3) is 5.91 Å². The molecule has 0 atom stereocenters. The standard InChI is InChI=1S/C13H12INOS/c1-2-11-7-8-12(17-11)13(16)15-10-5-3-9(14)4-6-10/h3-8H,2H2,1H3,(H,15,16). The van der Waals surface area contributed by atoms with Crippen LogP contribution in [0, 0.1) is 3.57 Å². The van der Waals surface area contributed by atoms with E-state index in [9.17, 15) is 4.79 Å². The third kappa shape index (κ3) is 3.29. The number of amides is 1. The fourth-order valence-corrected chi connectivity index (χ4v) is 2.62. The monoisotopic (exact) mass is 357 g/mol. The summed E-state index contributed by atoms with van der Waals surface area (Å²) < 4.78 is 1.16. The van der Waals surface area contributed by atoms with Crippen LogP contribution in [0.3, 0.4) is 0 Å². The number of halogens is 1. The molecular weight excluding hydrogens is 345 g/mol. The van der Waals surface area contributed by atoms with Crippen LogP contribution in [0.5, 0.6) is 0 Å². The van der Waals surface area contributed by atoms with Crippen molar-refractivity contribution in [3.8, 4) is 0 Å². The third-order valence-electron chi connectivity index (χ3n) is 2.34. The number of nitrogens with one attached hydrogen (secondary N) is 1. The Labute approximate surface area is 118 Å². The van der Waals surface area contributed by atoms with Gasteiger partial charge in [-0.3, -0.25) is 4.79 Å². The van der Waals surface area contributed by atoms with E-state index in [1.807, 2.05) is 36.4 Å². The average Bonchev–Trinajstić information content (AvgIpc) is 2.81. The number of carbonyl (C=O) groups is 1. The van der Waals surface area contributed by atoms with Crippen molar-refractivity contribution in [2.45, 2.75) is 13.3 Å². The molecule has 4 heteroatoms. The molecule has 1 amide bonds. The highest BCUT2D eigenvalue weighted by atomic mass is 127. The van der Waals surface area contributed by atoms with E-state index in [0.29, 0.717) is 0 Å². The first kappa shape index (κ1) is 12.6. The smallest absolute Gasteiger partial charge is 0.265 e. The van der Waals surface area contributed by atoms with Crippen molar-refractivity contribution in [3.05, 3.63) is 49.7 Å². The number of aryl methyl sites for hydroxylation is 1. The number of anilines is 1. The first-order chi connectivity index (χ1) is 8.19. The maximum Gasteiger partial charge on any atom is 0.265 e. The van der Waals surface area contributed by atoms with E-state index < -0.39 is 0 Å². The maximum absolute atomic E-state index is 11.9. The highest BCUT2D eigenvalue weighted by Gasteiger charge is 2.08. The fourth-order valence-electron chi connectivity index (χ4n) is 1.42. The van der Waals surface area contributed by atoms with Crippen LogP contribution in [-0.2, 0) is 6.42 Å². The van der Waals surface area contributed by atoms with E-state index in [4.69, 9.17) is 0 Å². The normalized spacial score (nSPS) is 10.2. The summed E-state index contributed by atoms with van der Waals surface area (Å²) in [5.41, 5.74) is 0.835. The molecule has 1 aromatic carbocycles. The first-order valence-corrected chi connectivity index (χ1v) is 7.24. The van der Waals surface area contributed by atoms with Crippen molar-refractivity contribution in [3.63, 3.8) is 0 Å². The second kappa shape index (κ2) is 5.64. The minimum atomic E-state index is -0.0316. The second-order valence-electron chi connectivity index (χ2n) is 3.58. The lowest BCUT2D eigenvalue weighted by Crippen LogP contribution is -2.09. The second-order valence-corrected chi connectivity index (χ2v) is 5.99. The molecular formula is C13H12INOS. The van der Waals surface area contributed by atoms with E-state index in [1.54, 1.807) is 11.3 Å². The van der Waals surface area contributed by atoms with Gasteiger partial charge in [0, 0.05) is 14.1 Å². The molecule has 1 heterocycles. The highest BCUT2D eigenvalue weighted by Crippen LogP contribution is 2.19. The zero-order valence-corrected chi connectivity index (χ0v) is 12.3. The van der Waals surface area contributed by atoms with Gasteiger partial charge in [-0.05, 0) is 65.4 Å². The molecule has 0 spiro atoms. The number of benzene rings is 1. The number of rotatable bonds is 3. The number of hydrogen-bond acceptors (Lipinski definition) is 2. The largest absolute Gasteiger partial charge is 0.321 e. The van der Waals surface area contributed by atoms with Crippen LogP contribution < -0.4 is 5.32 Å². The molecule has 0 bridgehead atoms. The van der Waals surface area contributed by atoms with Crippen LogP contribution in [0.2, 0.25) is 0 Å². The Balaban J connectivity index is 2.08. The minimum absolute atomic E-state index is 0.0316. The van der Waals surface area contributed by atoms with Crippen molar-refractivity contribution in [2.75, 3.05) is 5.32 Å². The predicted octanol–water partition coefficient (Wildman–Crippen LogP) is 4.17. The first-order valence-electron chi connectivity index (χ1n) is 5.34. The molecule has 2 nitrogen and oxygen atoms in total. The fraction of sp³-hybridized carbons (Fsp3) is 0.154. The van der Waals surface area contributed by atoms with Crippen molar-refractivity contribution >= 4 is 45.5 Å². The summed E-state index contributed by atoms with van der Waals surface area (Å²) in [7, 11) is 0. The Morgan fingerprint density at radius 3 is 2.53 bits per heavy atom. The zero-order chi connectivity index (χ0) is 12.3. The summed E-state index contributed by atoms with van der Waals surface area (Å²) in [6.07, 6.45) is 0.974. The van der Waals surface area contributed by atoms with Gasteiger partial charge in [0.2, 0.25) is 0 Å². The summed E-state index contributed by atoms with van der Waals surface area (Å²) in [5, 5.41) is 2.89. The van der Waals surface area contributed by atoms with Crippen LogP contribution in [-0.4, -0.2) is 5.91 Å². The molecule has 17 heavy (non-hydrogen) atoms. The van der Waals surface area contributed by atoms with Gasteiger partial charge in [0.15, 0.2) is 0 Å². The van der Waals surface area contributed by atoms with Crippen LogP contribution in [0.4, 0.5) is 5.69 Å². The highest BCUT2D eigenvalue weighted by molar-refractivity contribution is 14.1. The summed E-state index contributed by atoms with van der Waals surface area (Å²) in [6, 6.07) is 11.7. The quantitative estimate of drug-likeness (QED) is 0.821. The lowest BCUT2D eigenvalue weighted by atomic mass is 10.3. The molecule has 0 unspecified atom stereocenters. The molecule has 88 valence electrons. The van der Waals surface area contributed by atoms with Crippen molar-refractivity contribution in [1.82, 2.24) is 0 Å². The Morgan fingerprint density at radius 1 is 1.24 bits per heavy atom. The van der Waals surface area contributed by atoms with Crippen LogP contribution in [0.1, 0.15) is 21.5 Å². The maximum atomic E-state index is 11.9. The molecule has 0 aliphatic heterocycles. The summed E-state index contributed by atoms with van der Waals surface area (Å²) >= 11 is 3.79. The number of carbonyl (C=O) groups excluding carboxylic acids is 1. The SMILES string of the molecule is CCc1ccc(C(=O)Nc2ccc(I)cc2)s1. The Morgan fingerprint density at radius 2 is 1.94 bits per heavy atom. The van der Waals surface area contributed by atoms with E-state index >= 15 is 0 Å². The molecule has 1 aromatic heterocycles. The number of hydrogen-bond donors (Lipinski definition) is 1. The average molecular weight is 357 g/mol. The van der Waals surface area contributed by atoms with E-state index in [0.717, 1.165) is 20.6 Å². The van der Waals surface area contributed by atoms with Crippen LogP contribution in [0.25, 0.3) is 0 Å². The zero-order valence-electron chi connectivity index (χ0n) is 9.37. The molecule has 0 aliphatic rings. The van der Waals surface area contributed by atoms with Gasteiger partial charge in [-0.1, -0.05) is 6.92 Å². The lowest BCUT2D eigenvalue weighted by molar-refractivity contribution is 0.103. The van der Waals surface area contributed by atoms with Gasteiger partial charge in [-0.2, -0.15) is 0 Å². The Kier molecular flexibility index (Phi) is 4.17. The van der Waals surface area contributed by atoms with E-state index in [2.05, 4.69) is 34.8 Å². The topological polar surface area (TPSA) is 29.1 Å². The molecule has 0 fully saturated rings. The predicted molar refractivity (Wildman–Crippen MR) is 80.8 cm³/mol. The minimum Gasteiger partial charge on any atom is -0.321 e. The van der Waals surface area contributed by atoms with Crippen molar-refractivity contribution in [1.29, 1.82) is 0 Å². The molecule has 1 N–H and O–H groups in total. The van der Waals surface area contributed by atoms with Crippen LogP contribution >= 0.6 is 33.9 Å². The van der Waals surface area contributed by atoms with Crippen molar-refractivity contribution in [2.24, 2.45) is 0 Å².